The highest BCUT2D eigenvalue weighted by molar-refractivity contribution is 5.95. The average Bonchev–Trinajstić information content (AvgIpc) is 2.66. The Morgan fingerprint density at radius 1 is 1.15 bits per heavy atom. The third-order valence-electron chi connectivity index (χ3n) is 5.00. The zero-order valence-corrected chi connectivity index (χ0v) is 15.5. The highest BCUT2D eigenvalue weighted by Gasteiger charge is 2.19. The van der Waals surface area contributed by atoms with Crippen LogP contribution in [0.15, 0.2) is 53.6 Å². The molecule has 3 heterocycles. The van der Waals surface area contributed by atoms with Crippen LogP contribution in [0, 0.1) is 6.92 Å². The monoisotopic (exact) mass is 359 g/mol. The van der Waals surface area contributed by atoms with Crippen molar-refractivity contribution in [1.29, 1.82) is 0 Å². The van der Waals surface area contributed by atoms with Crippen molar-refractivity contribution in [2.75, 3.05) is 5.32 Å². The zero-order valence-electron chi connectivity index (χ0n) is 15.5. The maximum atomic E-state index is 12.1. The van der Waals surface area contributed by atoms with Crippen LogP contribution in [0.4, 0.5) is 5.69 Å². The van der Waals surface area contributed by atoms with Crippen molar-refractivity contribution in [2.24, 2.45) is 7.05 Å². The summed E-state index contributed by atoms with van der Waals surface area (Å²) in [5.41, 5.74) is 6.80. The first-order chi connectivity index (χ1) is 13.0. The van der Waals surface area contributed by atoms with Gasteiger partial charge in [0.25, 0.3) is 5.56 Å². The molecule has 1 aliphatic heterocycles. The molecule has 0 aliphatic carbocycles. The summed E-state index contributed by atoms with van der Waals surface area (Å²) in [6, 6.07) is 12.0. The van der Waals surface area contributed by atoms with E-state index in [1.54, 1.807) is 17.8 Å². The highest BCUT2D eigenvalue weighted by atomic mass is 16.1. The summed E-state index contributed by atoms with van der Waals surface area (Å²) in [5.74, 6) is 0.0440. The fourth-order valence-corrected chi connectivity index (χ4v) is 3.62. The molecule has 0 bridgehead atoms. The minimum atomic E-state index is -0.00344. The lowest BCUT2D eigenvalue weighted by molar-refractivity contribution is -0.116. The van der Waals surface area contributed by atoms with Crippen LogP contribution in [0.1, 0.15) is 28.8 Å². The zero-order chi connectivity index (χ0) is 19.0. The molecule has 1 N–H and O–H groups in total. The molecule has 3 aromatic rings. The van der Waals surface area contributed by atoms with E-state index >= 15 is 0 Å². The van der Waals surface area contributed by atoms with Gasteiger partial charge >= 0.3 is 0 Å². The van der Waals surface area contributed by atoms with Gasteiger partial charge in [0.15, 0.2) is 0 Å². The van der Waals surface area contributed by atoms with E-state index in [-0.39, 0.29) is 11.5 Å². The number of carbonyl (C=O) groups excluding carboxylic acids is 1. The molecule has 0 atom stereocenters. The van der Waals surface area contributed by atoms with Crippen LogP contribution >= 0.6 is 0 Å². The molecular formula is C22H21N3O2. The van der Waals surface area contributed by atoms with Gasteiger partial charge in [-0.25, -0.2) is 0 Å². The van der Waals surface area contributed by atoms with Gasteiger partial charge in [-0.05, 0) is 59.9 Å². The van der Waals surface area contributed by atoms with Crippen molar-refractivity contribution in [3.05, 3.63) is 81.5 Å². The van der Waals surface area contributed by atoms with Crippen LogP contribution in [0.2, 0.25) is 0 Å². The van der Waals surface area contributed by atoms with E-state index < -0.39 is 0 Å². The molecule has 1 aromatic carbocycles. The molecule has 136 valence electrons. The fraction of sp³-hybridized carbons (Fsp3) is 0.227. The van der Waals surface area contributed by atoms with Crippen LogP contribution in [-0.2, 0) is 24.7 Å². The molecule has 0 saturated carbocycles. The first kappa shape index (κ1) is 17.2. The van der Waals surface area contributed by atoms with Gasteiger partial charge in [0.1, 0.15) is 0 Å². The van der Waals surface area contributed by atoms with Crippen LogP contribution in [0.5, 0.6) is 0 Å². The van der Waals surface area contributed by atoms with Gasteiger partial charge < -0.3 is 9.88 Å². The Morgan fingerprint density at radius 3 is 2.74 bits per heavy atom. The Morgan fingerprint density at radius 2 is 2.00 bits per heavy atom. The topological polar surface area (TPSA) is 64.0 Å². The van der Waals surface area contributed by atoms with Crippen LogP contribution < -0.4 is 10.9 Å². The van der Waals surface area contributed by atoms with Gasteiger partial charge in [0.2, 0.25) is 5.91 Å². The van der Waals surface area contributed by atoms with E-state index in [2.05, 4.69) is 16.4 Å². The minimum absolute atomic E-state index is 0.00344. The van der Waals surface area contributed by atoms with E-state index in [1.165, 1.54) is 0 Å². The SMILES string of the molecule is Cc1cc(-c2cc3c(cc2Cc2ccccn2)CCC(=O)N3)cn(C)c1=O. The quantitative estimate of drug-likeness (QED) is 0.781. The molecular weight excluding hydrogens is 338 g/mol. The van der Waals surface area contributed by atoms with E-state index in [1.807, 2.05) is 43.5 Å². The molecule has 0 radical (unpaired) electrons. The molecule has 0 fully saturated rings. The lowest BCUT2D eigenvalue weighted by Gasteiger charge is -2.21. The third-order valence-corrected chi connectivity index (χ3v) is 5.00. The minimum Gasteiger partial charge on any atom is -0.326 e. The predicted octanol–water partition coefficient (Wildman–Crippen LogP) is 3.23. The van der Waals surface area contributed by atoms with Crippen LogP contribution in [0.3, 0.4) is 0 Å². The number of nitrogens with zero attached hydrogens (tertiary/aromatic N) is 2. The molecule has 0 unspecified atom stereocenters. The maximum Gasteiger partial charge on any atom is 0.253 e. The standard InChI is InChI=1S/C22H21N3O2/c1-14-9-17(13-25(2)22(14)27)19-12-20-15(6-7-21(26)24-20)10-16(19)11-18-5-3-4-8-23-18/h3-5,8-10,12-13H,6-7,11H2,1-2H3,(H,24,26). The van der Waals surface area contributed by atoms with Crippen molar-refractivity contribution in [3.63, 3.8) is 0 Å². The first-order valence-electron chi connectivity index (χ1n) is 9.04. The van der Waals surface area contributed by atoms with E-state index in [9.17, 15) is 9.59 Å². The Kier molecular flexibility index (Phi) is 4.36. The summed E-state index contributed by atoms with van der Waals surface area (Å²) in [7, 11) is 1.76. The Balaban J connectivity index is 1.88. The largest absolute Gasteiger partial charge is 0.326 e. The number of fused-ring (bicyclic) bond motifs is 1. The smallest absolute Gasteiger partial charge is 0.253 e. The number of aryl methyl sites for hydroxylation is 3. The highest BCUT2D eigenvalue weighted by Crippen LogP contribution is 2.33. The number of rotatable bonds is 3. The van der Waals surface area contributed by atoms with Gasteiger partial charge in [0, 0.05) is 49.2 Å². The number of benzene rings is 1. The van der Waals surface area contributed by atoms with Crippen LogP contribution in [-0.4, -0.2) is 15.5 Å². The van der Waals surface area contributed by atoms with Gasteiger partial charge in [-0.15, -0.1) is 0 Å². The number of hydrogen-bond donors (Lipinski definition) is 1. The van der Waals surface area contributed by atoms with Gasteiger partial charge in [0.05, 0.1) is 0 Å². The van der Waals surface area contributed by atoms with E-state index in [4.69, 9.17) is 0 Å². The molecule has 2 aromatic heterocycles. The first-order valence-corrected chi connectivity index (χ1v) is 9.04. The normalized spacial score (nSPS) is 13.2. The maximum absolute atomic E-state index is 12.1. The lowest BCUT2D eigenvalue weighted by Crippen LogP contribution is -2.20. The van der Waals surface area contributed by atoms with Gasteiger partial charge in [-0.1, -0.05) is 12.1 Å². The van der Waals surface area contributed by atoms with Crippen molar-refractivity contribution < 1.29 is 4.79 Å². The van der Waals surface area contributed by atoms with Crippen molar-refractivity contribution >= 4 is 11.6 Å². The number of aromatic nitrogens is 2. The molecule has 1 aliphatic rings. The molecule has 0 spiro atoms. The fourth-order valence-electron chi connectivity index (χ4n) is 3.62. The van der Waals surface area contributed by atoms with Crippen molar-refractivity contribution in [2.45, 2.75) is 26.2 Å². The Labute approximate surface area is 157 Å². The number of anilines is 1. The van der Waals surface area contributed by atoms with Crippen molar-refractivity contribution in [3.8, 4) is 11.1 Å². The Hall–Kier alpha value is -3.21. The summed E-state index contributed by atoms with van der Waals surface area (Å²) < 4.78 is 1.60. The molecule has 4 rings (SSSR count). The summed E-state index contributed by atoms with van der Waals surface area (Å²) in [6.45, 7) is 1.82. The van der Waals surface area contributed by atoms with E-state index in [0.717, 1.165) is 40.1 Å². The molecule has 27 heavy (non-hydrogen) atoms. The molecule has 5 heteroatoms. The van der Waals surface area contributed by atoms with Gasteiger partial charge in [-0.2, -0.15) is 0 Å². The number of hydrogen-bond acceptors (Lipinski definition) is 3. The Bertz CT molecular complexity index is 1060. The summed E-state index contributed by atoms with van der Waals surface area (Å²) in [4.78, 5) is 28.4. The number of carbonyl (C=O) groups is 1. The predicted molar refractivity (Wildman–Crippen MR) is 106 cm³/mol. The van der Waals surface area contributed by atoms with Crippen molar-refractivity contribution in [1.82, 2.24) is 9.55 Å². The lowest BCUT2D eigenvalue weighted by atomic mass is 9.91. The molecule has 5 nitrogen and oxygen atoms in total. The molecule has 0 saturated heterocycles. The van der Waals surface area contributed by atoms with Crippen LogP contribution in [0.25, 0.3) is 11.1 Å². The second-order valence-corrected chi connectivity index (χ2v) is 7.04. The average molecular weight is 359 g/mol. The van der Waals surface area contributed by atoms with E-state index in [0.29, 0.717) is 18.4 Å². The summed E-state index contributed by atoms with van der Waals surface area (Å²) in [6.07, 6.45) is 5.59. The number of amides is 1. The van der Waals surface area contributed by atoms with Gasteiger partial charge in [-0.3, -0.25) is 14.6 Å². The second-order valence-electron chi connectivity index (χ2n) is 7.04. The summed E-state index contributed by atoms with van der Waals surface area (Å²) in [5, 5.41) is 2.98. The number of nitrogens with one attached hydrogen (secondary N) is 1. The summed E-state index contributed by atoms with van der Waals surface area (Å²) >= 11 is 0. The third kappa shape index (κ3) is 3.40. The molecule has 1 amide bonds. The second kappa shape index (κ2) is 6.83. The number of pyridine rings is 2.